The van der Waals surface area contributed by atoms with Crippen molar-refractivity contribution in [3.8, 4) is 0 Å². The summed E-state index contributed by atoms with van der Waals surface area (Å²) in [6.07, 6.45) is 7.87. The number of anilines is 1. The quantitative estimate of drug-likeness (QED) is 0.723. The number of amides is 2. The molecule has 29 heavy (non-hydrogen) atoms. The summed E-state index contributed by atoms with van der Waals surface area (Å²) >= 11 is 0. The van der Waals surface area contributed by atoms with Gasteiger partial charge in [0.25, 0.3) is 5.91 Å². The van der Waals surface area contributed by atoms with Crippen molar-refractivity contribution >= 4 is 17.6 Å². The fourth-order valence-corrected chi connectivity index (χ4v) is 6.19. The van der Waals surface area contributed by atoms with E-state index in [1.807, 2.05) is 0 Å². The molecule has 0 unspecified atom stereocenters. The summed E-state index contributed by atoms with van der Waals surface area (Å²) in [5, 5.41) is 10.0. The number of rotatable bonds is 4. The number of aromatic nitrogens is 1. The Morgan fingerprint density at radius 3 is 2.97 bits per heavy atom. The number of hydrogen-bond donors (Lipinski definition) is 3. The zero-order valence-electron chi connectivity index (χ0n) is 17.2. The van der Waals surface area contributed by atoms with E-state index in [0.29, 0.717) is 11.4 Å². The third-order valence-corrected chi connectivity index (χ3v) is 7.78. The smallest absolute Gasteiger partial charge is 0.256 e. The summed E-state index contributed by atoms with van der Waals surface area (Å²) in [5.74, 6) is 1.03. The van der Waals surface area contributed by atoms with Crippen molar-refractivity contribution in [2.45, 2.75) is 51.1 Å². The van der Waals surface area contributed by atoms with Gasteiger partial charge in [-0.3, -0.25) is 9.59 Å². The van der Waals surface area contributed by atoms with E-state index < -0.39 is 5.66 Å². The Morgan fingerprint density at radius 1 is 1.34 bits per heavy atom. The van der Waals surface area contributed by atoms with Crippen LogP contribution >= 0.6 is 0 Å². The molecule has 7 heteroatoms. The third kappa shape index (κ3) is 3.19. The zero-order chi connectivity index (χ0) is 20.1. The van der Waals surface area contributed by atoms with Crippen molar-refractivity contribution < 1.29 is 9.59 Å². The molecule has 0 radical (unpaired) electrons. The third-order valence-electron chi connectivity index (χ3n) is 7.78. The summed E-state index contributed by atoms with van der Waals surface area (Å²) in [7, 11) is 0. The second-order valence-electron chi connectivity index (χ2n) is 9.64. The fraction of sp³-hybridized carbons (Fsp3) is 0.682. The highest BCUT2D eigenvalue weighted by Gasteiger charge is 2.60. The average Bonchev–Trinajstić information content (AvgIpc) is 3.21. The van der Waals surface area contributed by atoms with Gasteiger partial charge in [0.2, 0.25) is 5.91 Å². The van der Waals surface area contributed by atoms with Crippen molar-refractivity contribution in [2.75, 3.05) is 31.5 Å². The first-order chi connectivity index (χ1) is 14.0. The van der Waals surface area contributed by atoms with Crippen LogP contribution in [0, 0.1) is 17.3 Å². The fourth-order valence-electron chi connectivity index (χ4n) is 6.19. The Bertz CT molecular complexity index is 823. The number of likely N-dealkylation sites (tertiary alicyclic amines) is 1. The predicted octanol–water partition coefficient (Wildman–Crippen LogP) is 1.97. The van der Waals surface area contributed by atoms with Gasteiger partial charge < -0.3 is 20.9 Å². The molecular formula is C22H31N5O2. The molecule has 2 aliphatic heterocycles. The van der Waals surface area contributed by atoms with Gasteiger partial charge in [-0.15, -0.1) is 0 Å². The van der Waals surface area contributed by atoms with Gasteiger partial charge in [-0.25, -0.2) is 4.98 Å². The normalized spacial score (nSPS) is 35.8. The summed E-state index contributed by atoms with van der Waals surface area (Å²) in [5.41, 5.74) is -0.0162. The van der Waals surface area contributed by atoms with Crippen LogP contribution in [0.3, 0.4) is 0 Å². The largest absolute Gasteiger partial charge is 0.355 e. The molecule has 3 N–H and O–H groups in total. The second-order valence-corrected chi connectivity index (χ2v) is 9.64. The molecule has 4 fully saturated rings. The lowest BCUT2D eigenvalue weighted by molar-refractivity contribution is -0.139. The van der Waals surface area contributed by atoms with Gasteiger partial charge in [-0.05, 0) is 69.2 Å². The minimum absolute atomic E-state index is 0.00860. The standard InChI is InChI=1S/C22H31N5O2/c1-21-7-6-15(13-17(21)20(29)24-9-12-27-10-2-3-11-27)22(14-21)25-18-16(19(28)26-22)5-4-8-23-18/h4-5,8,15,17H,2-3,6-7,9-14H2,1H3,(H,23,25)(H,24,29)(H,26,28)/t15-,17-,21-,22+/m0/s1. The lowest BCUT2D eigenvalue weighted by Crippen LogP contribution is -2.70. The molecule has 7 nitrogen and oxygen atoms in total. The van der Waals surface area contributed by atoms with Gasteiger partial charge >= 0.3 is 0 Å². The molecule has 5 aliphatic rings. The minimum Gasteiger partial charge on any atom is -0.355 e. The molecule has 3 aliphatic carbocycles. The maximum atomic E-state index is 13.1. The van der Waals surface area contributed by atoms with E-state index in [9.17, 15) is 9.59 Å². The van der Waals surface area contributed by atoms with Crippen molar-refractivity contribution in [1.82, 2.24) is 20.5 Å². The first-order valence-corrected chi connectivity index (χ1v) is 11.0. The van der Waals surface area contributed by atoms with Crippen LogP contribution in [0.5, 0.6) is 0 Å². The number of nitrogens with one attached hydrogen (secondary N) is 3. The highest BCUT2D eigenvalue weighted by atomic mass is 16.2. The van der Waals surface area contributed by atoms with E-state index >= 15 is 0 Å². The number of carbonyl (C=O) groups excluding carboxylic acids is 2. The molecule has 4 atom stereocenters. The summed E-state index contributed by atoms with van der Waals surface area (Å²) in [6.45, 7) is 6.21. The van der Waals surface area contributed by atoms with Gasteiger partial charge in [0.15, 0.2) is 0 Å². The maximum absolute atomic E-state index is 13.1. The summed E-state index contributed by atoms with van der Waals surface area (Å²) in [4.78, 5) is 32.6. The van der Waals surface area contributed by atoms with Crippen molar-refractivity contribution in [2.24, 2.45) is 17.3 Å². The van der Waals surface area contributed by atoms with Crippen LogP contribution in [0.4, 0.5) is 5.82 Å². The van der Waals surface area contributed by atoms with Crippen LogP contribution in [0.2, 0.25) is 0 Å². The molecule has 1 aromatic heterocycles. The van der Waals surface area contributed by atoms with E-state index in [1.54, 1.807) is 18.3 Å². The monoisotopic (exact) mass is 397 g/mol. The minimum atomic E-state index is -0.488. The van der Waals surface area contributed by atoms with Crippen molar-refractivity contribution in [3.63, 3.8) is 0 Å². The number of carbonyl (C=O) groups is 2. The topological polar surface area (TPSA) is 86.4 Å². The molecule has 1 spiro atoms. The van der Waals surface area contributed by atoms with Crippen LogP contribution in [-0.4, -0.2) is 53.5 Å². The van der Waals surface area contributed by atoms with Crippen LogP contribution in [0.25, 0.3) is 0 Å². The van der Waals surface area contributed by atoms with Gasteiger partial charge in [0.05, 0.1) is 5.56 Å². The van der Waals surface area contributed by atoms with E-state index in [2.05, 4.69) is 32.8 Å². The first kappa shape index (κ1) is 18.9. The Morgan fingerprint density at radius 2 is 2.17 bits per heavy atom. The van der Waals surface area contributed by atoms with E-state index in [-0.39, 0.29) is 29.1 Å². The number of pyridine rings is 1. The molecule has 6 rings (SSSR count). The molecule has 1 aromatic rings. The Hall–Kier alpha value is -2.15. The van der Waals surface area contributed by atoms with Gasteiger partial charge in [-0.2, -0.15) is 0 Å². The average molecular weight is 398 g/mol. The van der Waals surface area contributed by atoms with E-state index in [0.717, 1.165) is 51.9 Å². The Kier molecular flexibility index (Phi) is 4.53. The predicted molar refractivity (Wildman–Crippen MR) is 110 cm³/mol. The van der Waals surface area contributed by atoms with Gasteiger partial charge in [0, 0.05) is 31.1 Å². The molecular weight excluding hydrogens is 366 g/mol. The second kappa shape index (κ2) is 6.97. The molecule has 1 saturated heterocycles. The first-order valence-electron chi connectivity index (χ1n) is 11.0. The highest BCUT2D eigenvalue weighted by molar-refractivity contribution is 6.01. The zero-order valence-corrected chi connectivity index (χ0v) is 17.2. The molecule has 3 heterocycles. The Labute approximate surface area is 172 Å². The lowest BCUT2D eigenvalue weighted by Gasteiger charge is -2.60. The van der Waals surface area contributed by atoms with E-state index in [4.69, 9.17) is 0 Å². The molecule has 156 valence electrons. The summed E-state index contributed by atoms with van der Waals surface area (Å²) < 4.78 is 0. The number of fused-ring (bicyclic) bond motifs is 3. The van der Waals surface area contributed by atoms with Gasteiger partial charge in [-0.1, -0.05) is 6.92 Å². The summed E-state index contributed by atoms with van der Waals surface area (Å²) in [6, 6.07) is 3.59. The van der Waals surface area contributed by atoms with Crippen LogP contribution < -0.4 is 16.0 Å². The lowest BCUT2D eigenvalue weighted by atomic mass is 9.51. The molecule has 2 amide bonds. The maximum Gasteiger partial charge on any atom is 0.256 e. The Balaban J connectivity index is 1.28. The van der Waals surface area contributed by atoms with Crippen LogP contribution in [0.15, 0.2) is 18.3 Å². The van der Waals surface area contributed by atoms with Crippen molar-refractivity contribution in [3.05, 3.63) is 23.9 Å². The number of hydrogen-bond acceptors (Lipinski definition) is 5. The van der Waals surface area contributed by atoms with E-state index in [1.165, 1.54) is 12.8 Å². The highest BCUT2D eigenvalue weighted by Crippen LogP contribution is 2.58. The molecule has 2 bridgehead atoms. The van der Waals surface area contributed by atoms with Gasteiger partial charge in [0.1, 0.15) is 11.5 Å². The SMILES string of the molecule is C[C@@]12CC[C@@H](C[C@H]1C(=O)NCCN1CCCC1)[C@@]1(C2)NC(=O)c2cccnc2N1. The van der Waals surface area contributed by atoms with Crippen LogP contribution in [-0.2, 0) is 4.79 Å². The molecule has 3 saturated carbocycles. The number of nitrogens with zero attached hydrogens (tertiary/aromatic N) is 2. The van der Waals surface area contributed by atoms with Crippen LogP contribution in [0.1, 0.15) is 55.8 Å². The van der Waals surface area contributed by atoms with Crippen molar-refractivity contribution in [1.29, 1.82) is 0 Å². The molecule has 0 aromatic carbocycles.